The topological polar surface area (TPSA) is 79.9 Å². The zero-order chi connectivity index (χ0) is 16.7. The molecule has 0 bridgehead atoms. The van der Waals surface area contributed by atoms with Crippen LogP contribution in [0.2, 0.25) is 0 Å². The highest BCUT2D eigenvalue weighted by Crippen LogP contribution is 2.15. The van der Waals surface area contributed by atoms with Gasteiger partial charge in [-0.3, -0.25) is 9.79 Å². The van der Waals surface area contributed by atoms with Crippen molar-refractivity contribution in [2.24, 2.45) is 16.6 Å². The highest BCUT2D eigenvalue weighted by molar-refractivity contribution is 14.0. The van der Waals surface area contributed by atoms with Crippen LogP contribution in [0.1, 0.15) is 30.1 Å². The van der Waals surface area contributed by atoms with Crippen molar-refractivity contribution in [1.29, 1.82) is 0 Å². The van der Waals surface area contributed by atoms with Crippen molar-refractivity contribution in [2.75, 3.05) is 33.3 Å². The number of nitrogens with two attached hydrogens (primary N) is 1. The van der Waals surface area contributed by atoms with Gasteiger partial charge in [-0.1, -0.05) is 6.92 Å². The molecule has 134 valence electrons. The molecule has 1 aliphatic heterocycles. The van der Waals surface area contributed by atoms with E-state index in [2.05, 4.69) is 22.1 Å². The van der Waals surface area contributed by atoms with E-state index in [1.807, 2.05) is 0 Å². The molecule has 7 heteroatoms. The number of carbonyl (C=O) groups excluding carboxylic acids is 1. The second-order valence-electron chi connectivity index (χ2n) is 5.89. The Morgan fingerprint density at radius 2 is 1.96 bits per heavy atom. The minimum Gasteiger partial charge on any atom is -0.497 e. The second kappa shape index (κ2) is 10.4. The van der Waals surface area contributed by atoms with Gasteiger partial charge in [0.25, 0.3) is 5.91 Å². The van der Waals surface area contributed by atoms with E-state index < -0.39 is 0 Å². The van der Waals surface area contributed by atoms with E-state index in [0.717, 1.165) is 37.6 Å². The quantitative estimate of drug-likeness (QED) is 0.314. The van der Waals surface area contributed by atoms with Gasteiger partial charge in [0.2, 0.25) is 0 Å². The second-order valence-corrected chi connectivity index (χ2v) is 5.89. The molecule has 0 aliphatic carbocycles. The lowest BCUT2D eigenvalue weighted by Gasteiger charge is -2.31. The Bertz CT molecular complexity index is 540. The molecule has 0 atom stereocenters. The highest BCUT2D eigenvalue weighted by atomic mass is 127. The third kappa shape index (κ3) is 6.18. The molecule has 0 unspecified atom stereocenters. The number of likely N-dealkylation sites (tertiary alicyclic amines) is 1. The van der Waals surface area contributed by atoms with Crippen molar-refractivity contribution in [2.45, 2.75) is 19.8 Å². The van der Waals surface area contributed by atoms with Crippen LogP contribution in [0.5, 0.6) is 5.75 Å². The van der Waals surface area contributed by atoms with Crippen molar-refractivity contribution in [3.05, 3.63) is 29.8 Å². The van der Waals surface area contributed by atoms with Crippen LogP contribution in [0.4, 0.5) is 0 Å². The normalized spacial score (nSPS) is 15.6. The van der Waals surface area contributed by atoms with E-state index in [1.165, 1.54) is 0 Å². The van der Waals surface area contributed by atoms with Gasteiger partial charge in [0.1, 0.15) is 5.75 Å². The van der Waals surface area contributed by atoms with Gasteiger partial charge in [0.15, 0.2) is 5.96 Å². The van der Waals surface area contributed by atoms with Gasteiger partial charge in [0.05, 0.1) is 13.7 Å². The number of methoxy groups -OCH3 is 1. The molecule has 1 aliphatic rings. The van der Waals surface area contributed by atoms with Gasteiger partial charge in [-0.05, 0) is 43.0 Å². The summed E-state index contributed by atoms with van der Waals surface area (Å²) in [5.74, 6) is 1.96. The number of amides is 1. The molecular weight excluding hydrogens is 419 g/mol. The van der Waals surface area contributed by atoms with E-state index in [9.17, 15) is 4.79 Å². The number of ether oxygens (including phenoxy) is 1. The molecule has 0 aromatic heterocycles. The lowest BCUT2D eigenvalue weighted by molar-refractivity contribution is 0.0954. The van der Waals surface area contributed by atoms with Crippen molar-refractivity contribution in [3.8, 4) is 5.75 Å². The molecule has 1 aromatic carbocycles. The monoisotopic (exact) mass is 446 g/mol. The largest absolute Gasteiger partial charge is 0.497 e. The number of guanidine groups is 1. The summed E-state index contributed by atoms with van der Waals surface area (Å²) in [5, 5.41) is 2.84. The van der Waals surface area contributed by atoms with Gasteiger partial charge in [-0.2, -0.15) is 0 Å². The fourth-order valence-electron chi connectivity index (χ4n) is 2.52. The molecule has 2 rings (SSSR count). The van der Waals surface area contributed by atoms with Crippen molar-refractivity contribution < 1.29 is 9.53 Å². The molecule has 24 heavy (non-hydrogen) atoms. The van der Waals surface area contributed by atoms with Gasteiger partial charge in [0, 0.05) is 25.2 Å². The molecule has 1 saturated heterocycles. The maximum absolute atomic E-state index is 12.0. The molecule has 6 nitrogen and oxygen atoms in total. The summed E-state index contributed by atoms with van der Waals surface area (Å²) < 4.78 is 5.07. The Hall–Kier alpha value is -1.51. The molecule has 0 spiro atoms. The van der Waals surface area contributed by atoms with Gasteiger partial charge in [-0.15, -0.1) is 24.0 Å². The van der Waals surface area contributed by atoms with Crippen molar-refractivity contribution in [3.63, 3.8) is 0 Å². The summed E-state index contributed by atoms with van der Waals surface area (Å²) in [6, 6.07) is 7.01. The first-order valence-electron chi connectivity index (χ1n) is 8.07. The van der Waals surface area contributed by atoms with Crippen LogP contribution in [-0.2, 0) is 0 Å². The first-order chi connectivity index (χ1) is 11.1. The molecule has 0 saturated carbocycles. The molecular formula is C17H27IN4O2. The number of hydrogen-bond donors (Lipinski definition) is 2. The fourth-order valence-corrected chi connectivity index (χ4v) is 2.52. The smallest absolute Gasteiger partial charge is 0.251 e. The van der Waals surface area contributed by atoms with Gasteiger partial charge in [-0.25, -0.2) is 0 Å². The van der Waals surface area contributed by atoms with Crippen LogP contribution >= 0.6 is 24.0 Å². The summed E-state index contributed by atoms with van der Waals surface area (Å²) in [7, 11) is 1.60. The Balaban J connectivity index is 0.00000288. The number of halogens is 1. The standard InChI is InChI=1S/C17H26N4O2.HI/c1-13-7-11-21(12-8-13)17(18)20-10-9-19-16(22)14-3-5-15(23-2)6-4-14;/h3-6,13H,7-12H2,1-2H3,(H2,18,20)(H,19,22);1H. The number of carbonyl (C=O) groups is 1. The Kier molecular flexibility index (Phi) is 8.88. The summed E-state index contributed by atoms with van der Waals surface area (Å²) in [4.78, 5) is 18.5. The van der Waals surface area contributed by atoms with Crippen LogP contribution in [0, 0.1) is 5.92 Å². The zero-order valence-corrected chi connectivity index (χ0v) is 16.7. The predicted molar refractivity (Wildman–Crippen MR) is 107 cm³/mol. The lowest BCUT2D eigenvalue weighted by atomic mass is 10.00. The molecule has 1 aromatic rings. The number of rotatable bonds is 5. The number of aliphatic imine (C=N–C) groups is 1. The maximum atomic E-state index is 12.0. The van der Waals surface area contributed by atoms with E-state index in [-0.39, 0.29) is 29.9 Å². The molecule has 1 fully saturated rings. The minimum atomic E-state index is -0.117. The number of benzene rings is 1. The Morgan fingerprint density at radius 3 is 2.54 bits per heavy atom. The van der Waals surface area contributed by atoms with Gasteiger partial charge < -0.3 is 20.7 Å². The summed E-state index contributed by atoms with van der Waals surface area (Å²) in [6.07, 6.45) is 2.31. The predicted octanol–water partition coefficient (Wildman–Crippen LogP) is 2.09. The van der Waals surface area contributed by atoms with Gasteiger partial charge >= 0.3 is 0 Å². The first-order valence-corrected chi connectivity index (χ1v) is 8.07. The lowest BCUT2D eigenvalue weighted by Crippen LogP contribution is -2.42. The summed E-state index contributed by atoms with van der Waals surface area (Å²) in [6.45, 7) is 5.15. The number of nitrogens with one attached hydrogen (secondary N) is 1. The molecule has 1 heterocycles. The first kappa shape index (κ1) is 20.5. The fraction of sp³-hybridized carbons (Fsp3) is 0.529. The maximum Gasteiger partial charge on any atom is 0.251 e. The summed E-state index contributed by atoms with van der Waals surface area (Å²) >= 11 is 0. The Labute approximate surface area is 160 Å². The molecule has 1 amide bonds. The molecule has 3 N–H and O–H groups in total. The summed E-state index contributed by atoms with van der Waals surface area (Å²) in [5.41, 5.74) is 6.61. The number of hydrogen-bond acceptors (Lipinski definition) is 3. The van der Waals surface area contributed by atoms with Crippen LogP contribution < -0.4 is 15.8 Å². The average Bonchev–Trinajstić information content (AvgIpc) is 2.59. The van der Waals surface area contributed by atoms with E-state index in [0.29, 0.717) is 24.6 Å². The third-order valence-corrected chi connectivity index (χ3v) is 4.13. The van der Waals surface area contributed by atoms with Crippen molar-refractivity contribution in [1.82, 2.24) is 10.2 Å². The van der Waals surface area contributed by atoms with Crippen LogP contribution in [0.25, 0.3) is 0 Å². The zero-order valence-electron chi connectivity index (χ0n) is 14.3. The minimum absolute atomic E-state index is 0. The van der Waals surface area contributed by atoms with E-state index in [4.69, 9.17) is 10.5 Å². The number of nitrogens with zero attached hydrogens (tertiary/aromatic N) is 2. The van der Waals surface area contributed by atoms with E-state index >= 15 is 0 Å². The SMILES string of the molecule is COc1ccc(C(=O)NCCN=C(N)N2CCC(C)CC2)cc1.I. The van der Waals surface area contributed by atoms with Crippen LogP contribution in [0.3, 0.4) is 0 Å². The molecule has 0 radical (unpaired) electrons. The van der Waals surface area contributed by atoms with Crippen LogP contribution in [0.15, 0.2) is 29.3 Å². The highest BCUT2D eigenvalue weighted by Gasteiger charge is 2.16. The third-order valence-electron chi connectivity index (χ3n) is 4.13. The average molecular weight is 446 g/mol. The Morgan fingerprint density at radius 1 is 1.33 bits per heavy atom. The number of piperidine rings is 1. The van der Waals surface area contributed by atoms with Crippen molar-refractivity contribution >= 4 is 35.8 Å². The van der Waals surface area contributed by atoms with E-state index in [1.54, 1.807) is 31.4 Å². The van der Waals surface area contributed by atoms with Crippen LogP contribution in [-0.4, -0.2) is 50.1 Å².